The fourth-order valence-electron chi connectivity index (χ4n) is 2.38. The van der Waals surface area contributed by atoms with Gasteiger partial charge in [0.1, 0.15) is 5.69 Å². The van der Waals surface area contributed by atoms with Crippen LogP contribution in [0.5, 0.6) is 0 Å². The molecule has 2 rings (SSSR count). The minimum Gasteiger partial charge on any atom is -0.378 e. The van der Waals surface area contributed by atoms with E-state index in [9.17, 15) is 10.1 Å². The van der Waals surface area contributed by atoms with Crippen LogP contribution in [0.2, 0.25) is 0 Å². The molecule has 0 radical (unpaired) electrons. The zero-order valence-corrected chi connectivity index (χ0v) is 15.3. The Kier molecular flexibility index (Phi) is 7.21. The number of benzene rings is 1. The number of nitro benzene ring substituents is 1. The van der Waals surface area contributed by atoms with Gasteiger partial charge in [0.15, 0.2) is 5.96 Å². The number of hydrogen-bond donors (Lipinski definition) is 2. The average molecular weight is 361 g/mol. The molecule has 0 aliphatic heterocycles. The third-order valence-electron chi connectivity index (χ3n) is 3.67. The molecule has 0 spiro atoms. The predicted molar refractivity (Wildman–Crippen MR) is 104 cm³/mol. The van der Waals surface area contributed by atoms with E-state index < -0.39 is 0 Å². The Morgan fingerprint density at radius 1 is 1.28 bits per heavy atom. The summed E-state index contributed by atoms with van der Waals surface area (Å²) in [6.07, 6.45) is 0.976. The first-order valence-corrected chi connectivity index (χ1v) is 8.91. The van der Waals surface area contributed by atoms with Crippen molar-refractivity contribution in [2.75, 3.05) is 39.0 Å². The Labute approximate surface area is 151 Å². The molecule has 134 valence electrons. The summed E-state index contributed by atoms with van der Waals surface area (Å²) < 4.78 is 0. The summed E-state index contributed by atoms with van der Waals surface area (Å²) in [5.41, 5.74) is 0.607. The van der Waals surface area contributed by atoms with E-state index in [0.29, 0.717) is 18.8 Å². The number of hydrogen-bond acceptors (Lipinski definition) is 5. The van der Waals surface area contributed by atoms with Gasteiger partial charge in [-0.3, -0.25) is 15.1 Å². The molecular weight excluding hydrogens is 338 g/mol. The van der Waals surface area contributed by atoms with Crippen LogP contribution in [0.25, 0.3) is 0 Å². The van der Waals surface area contributed by atoms with Gasteiger partial charge in [-0.25, -0.2) is 0 Å². The maximum Gasteiger partial charge on any atom is 0.292 e. The summed E-state index contributed by atoms with van der Waals surface area (Å²) in [6, 6.07) is 10.8. The SMILES string of the molecule is CN=C(NCCNc1ccccc1[N+](=O)[O-])N(C)CCc1cccs1. The number of rotatable bonds is 8. The monoisotopic (exact) mass is 361 g/mol. The molecule has 0 amide bonds. The lowest BCUT2D eigenvalue weighted by Crippen LogP contribution is -2.41. The number of guanidine groups is 1. The van der Waals surface area contributed by atoms with E-state index in [-0.39, 0.29) is 10.6 Å². The lowest BCUT2D eigenvalue weighted by molar-refractivity contribution is -0.384. The highest BCUT2D eigenvalue weighted by atomic mass is 32.1. The van der Waals surface area contributed by atoms with E-state index in [1.165, 1.54) is 10.9 Å². The Balaban J connectivity index is 1.76. The molecule has 25 heavy (non-hydrogen) atoms. The molecule has 1 heterocycles. The van der Waals surface area contributed by atoms with Gasteiger partial charge in [-0.1, -0.05) is 18.2 Å². The third-order valence-corrected chi connectivity index (χ3v) is 4.61. The minimum atomic E-state index is -0.382. The van der Waals surface area contributed by atoms with Crippen LogP contribution in [0.4, 0.5) is 11.4 Å². The van der Waals surface area contributed by atoms with Crippen molar-refractivity contribution in [2.45, 2.75) is 6.42 Å². The minimum absolute atomic E-state index is 0.0833. The summed E-state index contributed by atoms with van der Waals surface area (Å²) in [7, 11) is 3.75. The molecular formula is C17H23N5O2S. The fraction of sp³-hybridized carbons (Fsp3) is 0.353. The Morgan fingerprint density at radius 3 is 2.76 bits per heavy atom. The molecule has 0 atom stereocenters. The van der Waals surface area contributed by atoms with E-state index in [2.05, 4.69) is 38.0 Å². The largest absolute Gasteiger partial charge is 0.378 e. The first-order chi connectivity index (χ1) is 12.1. The van der Waals surface area contributed by atoms with Crippen molar-refractivity contribution in [2.24, 2.45) is 4.99 Å². The van der Waals surface area contributed by atoms with E-state index >= 15 is 0 Å². The number of thiophene rings is 1. The highest BCUT2D eigenvalue weighted by Gasteiger charge is 2.11. The second-order valence-electron chi connectivity index (χ2n) is 5.43. The van der Waals surface area contributed by atoms with Crippen LogP contribution in [0.3, 0.4) is 0 Å². The van der Waals surface area contributed by atoms with Crippen molar-refractivity contribution in [3.63, 3.8) is 0 Å². The van der Waals surface area contributed by atoms with Crippen molar-refractivity contribution in [3.05, 3.63) is 56.8 Å². The maximum atomic E-state index is 11.0. The molecule has 0 aliphatic carbocycles. The number of aliphatic imine (C=N–C) groups is 1. The van der Waals surface area contributed by atoms with Crippen molar-refractivity contribution < 1.29 is 4.92 Å². The van der Waals surface area contributed by atoms with Gasteiger partial charge >= 0.3 is 0 Å². The zero-order valence-electron chi connectivity index (χ0n) is 14.4. The normalized spacial score (nSPS) is 11.2. The number of nitrogens with zero attached hydrogens (tertiary/aromatic N) is 3. The molecule has 7 nitrogen and oxygen atoms in total. The van der Waals surface area contributed by atoms with Crippen LogP contribution in [-0.4, -0.2) is 49.5 Å². The van der Waals surface area contributed by atoms with E-state index in [4.69, 9.17) is 0 Å². The Bertz CT molecular complexity index is 703. The van der Waals surface area contributed by atoms with Gasteiger partial charge in [0.25, 0.3) is 5.69 Å². The highest BCUT2D eigenvalue weighted by Crippen LogP contribution is 2.22. The fourth-order valence-corrected chi connectivity index (χ4v) is 3.08. The van der Waals surface area contributed by atoms with Crippen LogP contribution < -0.4 is 10.6 Å². The van der Waals surface area contributed by atoms with Gasteiger partial charge in [-0.2, -0.15) is 0 Å². The number of nitro groups is 1. The molecule has 0 saturated heterocycles. The number of para-hydroxylation sites is 2. The van der Waals surface area contributed by atoms with Crippen LogP contribution in [-0.2, 0) is 6.42 Å². The van der Waals surface area contributed by atoms with Crippen molar-refractivity contribution >= 4 is 28.7 Å². The molecule has 0 fully saturated rings. The van der Waals surface area contributed by atoms with Gasteiger partial charge in [-0.05, 0) is 23.9 Å². The molecule has 0 bridgehead atoms. The van der Waals surface area contributed by atoms with Crippen molar-refractivity contribution in [3.8, 4) is 0 Å². The third kappa shape index (κ3) is 5.75. The number of likely N-dealkylation sites (N-methyl/N-ethyl adjacent to an activating group) is 1. The molecule has 0 unspecified atom stereocenters. The second kappa shape index (κ2) is 9.63. The summed E-state index contributed by atoms with van der Waals surface area (Å²) in [4.78, 5) is 18.3. The molecule has 2 aromatic rings. The molecule has 0 saturated carbocycles. The van der Waals surface area contributed by atoms with Gasteiger partial charge in [0.05, 0.1) is 4.92 Å². The van der Waals surface area contributed by atoms with Crippen LogP contribution in [0.1, 0.15) is 4.88 Å². The molecule has 1 aromatic carbocycles. The smallest absolute Gasteiger partial charge is 0.292 e. The molecule has 8 heteroatoms. The van der Waals surface area contributed by atoms with E-state index in [1.807, 2.05) is 7.05 Å². The lowest BCUT2D eigenvalue weighted by Gasteiger charge is -2.22. The van der Waals surface area contributed by atoms with Gasteiger partial charge in [-0.15, -0.1) is 11.3 Å². The molecule has 2 N–H and O–H groups in total. The maximum absolute atomic E-state index is 11.0. The molecule has 0 aliphatic rings. The first kappa shape index (κ1) is 18.7. The second-order valence-corrected chi connectivity index (χ2v) is 6.46. The lowest BCUT2D eigenvalue weighted by atomic mass is 10.2. The van der Waals surface area contributed by atoms with Gasteiger partial charge < -0.3 is 15.5 Å². The van der Waals surface area contributed by atoms with Crippen LogP contribution in [0, 0.1) is 10.1 Å². The standard InChI is InChI=1S/C17H23N5O2S/c1-18-17(21(2)12-9-14-6-5-13-25-14)20-11-10-19-15-7-3-4-8-16(15)22(23)24/h3-8,13,19H,9-12H2,1-2H3,(H,18,20). The van der Waals surface area contributed by atoms with Gasteiger partial charge in [0.2, 0.25) is 0 Å². The molecule has 1 aromatic heterocycles. The predicted octanol–water partition coefficient (Wildman–Crippen LogP) is 2.82. The highest BCUT2D eigenvalue weighted by molar-refractivity contribution is 7.09. The summed E-state index contributed by atoms with van der Waals surface area (Å²) in [6.45, 7) is 2.04. The average Bonchev–Trinajstić information content (AvgIpc) is 3.13. The summed E-state index contributed by atoms with van der Waals surface area (Å²) in [5, 5.41) is 19.4. The number of anilines is 1. The van der Waals surface area contributed by atoms with E-state index in [1.54, 1.807) is 36.6 Å². The van der Waals surface area contributed by atoms with E-state index in [0.717, 1.165) is 18.9 Å². The van der Waals surface area contributed by atoms with Gasteiger partial charge in [0, 0.05) is 44.7 Å². The summed E-state index contributed by atoms with van der Waals surface area (Å²) in [5.74, 6) is 0.806. The number of nitrogens with one attached hydrogen (secondary N) is 2. The Morgan fingerprint density at radius 2 is 2.08 bits per heavy atom. The zero-order chi connectivity index (χ0) is 18.1. The van der Waals surface area contributed by atoms with Crippen molar-refractivity contribution in [1.82, 2.24) is 10.2 Å². The topological polar surface area (TPSA) is 82.8 Å². The quantitative estimate of drug-likeness (QED) is 0.248. The summed E-state index contributed by atoms with van der Waals surface area (Å²) >= 11 is 1.75. The van der Waals surface area contributed by atoms with Crippen LogP contribution >= 0.6 is 11.3 Å². The Hall–Kier alpha value is -2.61. The van der Waals surface area contributed by atoms with Crippen LogP contribution in [0.15, 0.2) is 46.8 Å². The van der Waals surface area contributed by atoms with Crippen molar-refractivity contribution in [1.29, 1.82) is 0 Å². The first-order valence-electron chi connectivity index (χ1n) is 8.03.